The highest BCUT2D eigenvalue weighted by molar-refractivity contribution is 7.92. The summed E-state index contributed by atoms with van der Waals surface area (Å²) in [5, 5.41) is 9.56. The quantitative estimate of drug-likeness (QED) is 0.632. The van der Waals surface area contributed by atoms with Crippen molar-refractivity contribution in [2.45, 2.75) is 64.7 Å². The van der Waals surface area contributed by atoms with Crippen molar-refractivity contribution in [3.05, 3.63) is 30.1 Å². The van der Waals surface area contributed by atoms with Crippen LogP contribution in [0, 0.1) is 6.92 Å². The Morgan fingerprint density at radius 3 is 2.59 bits per heavy atom. The van der Waals surface area contributed by atoms with Crippen molar-refractivity contribution in [1.82, 2.24) is 15.1 Å². The van der Waals surface area contributed by atoms with E-state index in [2.05, 4.69) is 15.7 Å². The number of hydrogen-bond donors (Lipinski definition) is 2. The predicted molar refractivity (Wildman–Crippen MR) is 127 cm³/mol. The lowest BCUT2D eigenvalue weighted by Gasteiger charge is -2.35. The fraction of sp³-hybridized carbons (Fsp3) is 0.500. The molecule has 11 nitrogen and oxygen atoms in total. The minimum atomic E-state index is -4.03. The van der Waals surface area contributed by atoms with Crippen LogP contribution < -0.4 is 19.7 Å². The predicted octanol–water partition coefficient (Wildman–Crippen LogP) is 2.65. The van der Waals surface area contributed by atoms with Gasteiger partial charge in [0.2, 0.25) is 5.91 Å². The molecule has 0 bridgehead atoms. The SMILES string of the molecule is CCn1cc(S(=O)(=O)N2CC(CNC(C)=O)Oc3ccc(NC(=O)OC(C)(C)C)cc32)c(C)n1. The molecule has 0 aliphatic carbocycles. The van der Waals surface area contributed by atoms with E-state index in [1.165, 1.54) is 23.5 Å². The third kappa shape index (κ3) is 5.79. The summed E-state index contributed by atoms with van der Waals surface area (Å²) >= 11 is 0. The van der Waals surface area contributed by atoms with Crippen molar-refractivity contribution < 1.29 is 27.5 Å². The molecule has 1 aliphatic heterocycles. The summed E-state index contributed by atoms with van der Waals surface area (Å²) in [6.07, 6.45) is 0.213. The van der Waals surface area contributed by atoms with Crippen molar-refractivity contribution >= 4 is 33.4 Å². The van der Waals surface area contributed by atoms with Gasteiger partial charge in [0.1, 0.15) is 22.4 Å². The van der Waals surface area contributed by atoms with E-state index < -0.39 is 27.8 Å². The number of carbonyl (C=O) groups excluding carboxylic acids is 2. The number of sulfonamides is 1. The topological polar surface area (TPSA) is 132 Å². The average molecular weight is 494 g/mol. The van der Waals surface area contributed by atoms with Gasteiger partial charge >= 0.3 is 6.09 Å². The molecule has 3 rings (SSSR count). The molecule has 0 spiro atoms. The van der Waals surface area contributed by atoms with Crippen LogP contribution in [0.1, 0.15) is 40.3 Å². The van der Waals surface area contributed by atoms with Crippen molar-refractivity contribution in [1.29, 1.82) is 0 Å². The third-order valence-corrected chi connectivity index (χ3v) is 6.79. The number of anilines is 2. The van der Waals surface area contributed by atoms with Crippen LogP contribution in [-0.4, -0.2) is 55.0 Å². The van der Waals surface area contributed by atoms with E-state index in [0.717, 1.165) is 0 Å². The molecule has 1 aromatic carbocycles. The van der Waals surface area contributed by atoms with Gasteiger partial charge in [-0.1, -0.05) is 0 Å². The molecule has 2 aromatic rings. The highest BCUT2D eigenvalue weighted by Gasteiger charge is 2.36. The van der Waals surface area contributed by atoms with Crippen molar-refractivity contribution in [3.8, 4) is 5.75 Å². The summed E-state index contributed by atoms with van der Waals surface area (Å²) in [7, 11) is -4.03. The van der Waals surface area contributed by atoms with E-state index in [4.69, 9.17) is 9.47 Å². The number of fused-ring (bicyclic) bond motifs is 1. The number of ether oxygens (including phenoxy) is 2. The lowest BCUT2D eigenvalue weighted by molar-refractivity contribution is -0.119. The minimum absolute atomic E-state index is 0.0394. The van der Waals surface area contributed by atoms with E-state index in [1.54, 1.807) is 44.5 Å². The summed E-state index contributed by atoms with van der Waals surface area (Å²) < 4.78 is 41.5. The fourth-order valence-electron chi connectivity index (χ4n) is 3.44. The number of aryl methyl sites for hydroxylation is 2. The summed E-state index contributed by atoms with van der Waals surface area (Å²) in [6.45, 7) is 10.7. The Morgan fingerprint density at radius 2 is 2.00 bits per heavy atom. The van der Waals surface area contributed by atoms with Crippen molar-refractivity contribution in [2.75, 3.05) is 22.7 Å². The van der Waals surface area contributed by atoms with Gasteiger partial charge in [-0.2, -0.15) is 5.10 Å². The van der Waals surface area contributed by atoms with E-state index in [0.29, 0.717) is 23.7 Å². The molecule has 1 unspecified atom stereocenters. The smallest absolute Gasteiger partial charge is 0.412 e. The largest absolute Gasteiger partial charge is 0.484 e. The number of aromatic nitrogens is 2. The van der Waals surface area contributed by atoms with Gasteiger partial charge in [-0.25, -0.2) is 13.2 Å². The first-order chi connectivity index (χ1) is 15.8. The van der Waals surface area contributed by atoms with Gasteiger partial charge in [0.05, 0.1) is 24.5 Å². The highest BCUT2D eigenvalue weighted by atomic mass is 32.2. The van der Waals surface area contributed by atoms with E-state index in [1.807, 2.05) is 6.92 Å². The lowest BCUT2D eigenvalue weighted by atomic mass is 10.2. The summed E-state index contributed by atoms with van der Waals surface area (Å²) in [5.74, 6) is 0.0567. The monoisotopic (exact) mass is 493 g/mol. The van der Waals surface area contributed by atoms with E-state index in [9.17, 15) is 18.0 Å². The van der Waals surface area contributed by atoms with Gasteiger partial charge in [0.25, 0.3) is 10.0 Å². The van der Waals surface area contributed by atoms with Gasteiger partial charge in [-0.05, 0) is 52.8 Å². The first-order valence-electron chi connectivity index (χ1n) is 10.9. The minimum Gasteiger partial charge on any atom is -0.484 e. The molecule has 1 atom stereocenters. The maximum absolute atomic E-state index is 13.7. The van der Waals surface area contributed by atoms with Crippen LogP contribution in [0.2, 0.25) is 0 Å². The maximum Gasteiger partial charge on any atom is 0.412 e. The normalized spacial score (nSPS) is 15.8. The Labute approximate surface area is 199 Å². The molecule has 0 saturated carbocycles. The van der Waals surface area contributed by atoms with Gasteiger partial charge in [-0.3, -0.25) is 19.1 Å². The molecule has 1 aromatic heterocycles. The Kier molecular flexibility index (Phi) is 7.10. The second-order valence-corrected chi connectivity index (χ2v) is 10.8. The van der Waals surface area contributed by atoms with Crippen LogP contribution in [0.5, 0.6) is 5.75 Å². The number of carbonyl (C=O) groups is 2. The Morgan fingerprint density at radius 1 is 1.29 bits per heavy atom. The van der Waals surface area contributed by atoms with Crippen LogP contribution in [0.15, 0.2) is 29.3 Å². The third-order valence-electron chi connectivity index (χ3n) is 4.91. The molecule has 0 saturated heterocycles. The fourth-order valence-corrected chi connectivity index (χ4v) is 5.11. The van der Waals surface area contributed by atoms with Crippen LogP contribution >= 0.6 is 0 Å². The highest BCUT2D eigenvalue weighted by Crippen LogP contribution is 2.39. The van der Waals surface area contributed by atoms with E-state index >= 15 is 0 Å². The molecule has 0 fully saturated rings. The lowest BCUT2D eigenvalue weighted by Crippen LogP contribution is -2.48. The number of nitrogens with one attached hydrogen (secondary N) is 2. The molecule has 2 heterocycles. The Bertz CT molecular complexity index is 1180. The molecule has 186 valence electrons. The summed E-state index contributed by atoms with van der Waals surface area (Å²) in [6, 6.07) is 4.69. The van der Waals surface area contributed by atoms with Crippen LogP contribution in [0.4, 0.5) is 16.2 Å². The molecule has 2 amide bonds. The number of rotatable bonds is 6. The van der Waals surface area contributed by atoms with Gasteiger partial charge in [-0.15, -0.1) is 0 Å². The zero-order valence-electron chi connectivity index (χ0n) is 20.2. The molecule has 1 aliphatic rings. The molecule has 34 heavy (non-hydrogen) atoms. The van der Waals surface area contributed by atoms with Crippen LogP contribution in [0.25, 0.3) is 0 Å². The van der Waals surface area contributed by atoms with Crippen molar-refractivity contribution in [2.24, 2.45) is 0 Å². The van der Waals surface area contributed by atoms with Crippen molar-refractivity contribution in [3.63, 3.8) is 0 Å². The Balaban J connectivity index is 2.00. The number of benzene rings is 1. The van der Waals surface area contributed by atoms with Gasteiger partial charge in [0, 0.05) is 25.4 Å². The molecular formula is C22H31N5O6S. The average Bonchev–Trinajstić information content (AvgIpc) is 3.12. The number of hydrogen-bond acceptors (Lipinski definition) is 7. The first-order valence-corrected chi connectivity index (χ1v) is 12.4. The van der Waals surface area contributed by atoms with E-state index in [-0.39, 0.29) is 29.6 Å². The summed E-state index contributed by atoms with van der Waals surface area (Å²) in [4.78, 5) is 23.7. The Hall–Kier alpha value is -3.28. The van der Waals surface area contributed by atoms with Crippen LogP contribution in [-0.2, 0) is 26.1 Å². The second kappa shape index (κ2) is 9.53. The standard InChI is InChI=1S/C22H31N5O6S/c1-7-26-13-20(14(2)25-26)34(30,31)27-12-17(11-23-15(3)28)32-19-9-8-16(10-18(19)27)24-21(29)33-22(4,5)6/h8-10,13,17H,7,11-12H2,1-6H3,(H,23,28)(H,24,29). The molecule has 12 heteroatoms. The molecule has 2 N–H and O–H groups in total. The zero-order valence-corrected chi connectivity index (χ0v) is 21.0. The number of nitrogens with zero attached hydrogens (tertiary/aromatic N) is 3. The maximum atomic E-state index is 13.7. The number of amides is 2. The second-order valence-electron chi connectivity index (χ2n) is 8.96. The molecular weight excluding hydrogens is 462 g/mol. The summed E-state index contributed by atoms with van der Waals surface area (Å²) in [5.41, 5.74) is 0.288. The van der Waals surface area contributed by atoms with Crippen LogP contribution in [0.3, 0.4) is 0 Å². The molecule has 0 radical (unpaired) electrons. The first kappa shape index (κ1) is 25.3. The van der Waals surface area contributed by atoms with Gasteiger partial charge < -0.3 is 14.8 Å². The van der Waals surface area contributed by atoms with Gasteiger partial charge in [0.15, 0.2) is 0 Å². The zero-order chi connectivity index (χ0) is 25.3.